The first kappa shape index (κ1) is 16.0. The molecule has 0 spiro atoms. The lowest BCUT2D eigenvalue weighted by atomic mass is 10.2. The Morgan fingerprint density at radius 2 is 1.95 bits per heavy atom. The van der Waals surface area contributed by atoms with E-state index in [1.807, 2.05) is 0 Å². The van der Waals surface area contributed by atoms with E-state index in [0.29, 0.717) is 6.04 Å². The van der Waals surface area contributed by atoms with Crippen LogP contribution in [0.5, 0.6) is 0 Å². The molecule has 1 N–H and O–H groups in total. The Morgan fingerprint density at radius 1 is 1.24 bits per heavy atom. The minimum absolute atomic E-state index is 0.502. The van der Waals surface area contributed by atoms with Crippen LogP contribution in [0.1, 0.15) is 36.9 Å². The summed E-state index contributed by atoms with van der Waals surface area (Å²) in [5.41, 5.74) is 2.54. The number of anilines is 1. The first-order chi connectivity index (χ1) is 10.1. The van der Waals surface area contributed by atoms with E-state index in [-0.39, 0.29) is 0 Å². The third kappa shape index (κ3) is 4.55. The molecular formula is C17H25N3S. The van der Waals surface area contributed by atoms with Crippen LogP contribution >= 0.6 is 11.3 Å². The average molecular weight is 303 g/mol. The van der Waals surface area contributed by atoms with Gasteiger partial charge < -0.3 is 10.2 Å². The lowest BCUT2D eigenvalue weighted by Crippen LogP contribution is -2.21. The summed E-state index contributed by atoms with van der Waals surface area (Å²) in [5, 5.41) is 4.60. The smallest absolute Gasteiger partial charge is 0.185 e. The fourth-order valence-corrected chi connectivity index (χ4v) is 3.23. The number of aryl methyl sites for hydroxylation is 1. The molecule has 114 valence electrons. The van der Waals surface area contributed by atoms with E-state index in [9.17, 15) is 0 Å². The van der Waals surface area contributed by atoms with Gasteiger partial charge in [-0.2, -0.15) is 0 Å². The van der Waals surface area contributed by atoms with Gasteiger partial charge in [0.1, 0.15) is 0 Å². The fourth-order valence-electron chi connectivity index (χ4n) is 2.17. The SMILES string of the molecule is CCc1nc(N(C)Cc2ccccc2)sc1CNC(C)C. The molecule has 0 radical (unpaired) electrons. The number of thiazole rings is 1. The van der Waals surface area contributed by atoms with Crippen LogP contribution in [0, 0.1) is 0 Å². The molecule has 2 rings (SSSR count). The summed E-state index contributed by atoms with van der Waals surface area (Å²) in [6, 6.07) is 11.0. The van der Waals surface area contributed by atoms with Gasteiger partial charge in [0, 0.05) is 31.1 Å². The predicted octanol–water partition coefficient (Wildman–Crippen LogP) is 3.84. The zero-order chi connectivity index (χ0) is 15.2. The van der Waals surface area contributed by atoms with Gasteiger partial charge in [0.2, 0.25) is 0 Å². The molecule has 0 fully saturated rings. The van der Waals surface area contributed by atoms with E-state index in [4.69, 9.17) is 4.98 Å². The first-order valence-electron chi connectivity index (χ1n) is 7.57. The summed E-state index contributed by atoms with van der Waals surface area (Å²) in [4.78, 5) is 8.40. The summed E-state index contributed by atoms with van der Waals surface area (Å²) < 4.78 is 0. The monoisotopic (exact) mass is 303 g/mol. The van der Waals surface area contributed by atoms with E-state index in [1.54, 1.807) is 11.3 Å². The molecule has 0 saturated carbocycles. The summed E-state index contributed by atoms with van der Waals surface area (Å²) in [6.45, 7) is 8.34. The molecule has 0 bridgehead atoms. The van der Waals surface area contributed by atoms with Crippen LogP contribution in [0.15, 0.2) is 30.3 Å². The number of aromatic nitrogens is 1. The minimum Gasteiger partial charge on any atom is -0.347 e. The van der Waals surface area contributed by atoms with Gasteiger partial charge in [-0.15, -0.1) is 11.3 Å². The highest BCUT2D eigenvalue weighted by molar-refractivity contribution is 7.15. The van der Waals surface area contributed by atoms with Crippen LogP contribution in [-0.4, -0.2) is 18.1 Å². The van der Waals surface area contributed by atoms with Crippen LogP contribution in [0.4, 0.5) is 5.13 Å². The molecule has 1 aromatic heterocycles. The van der Waals surface area contributed by atoms with Crippen LogP contribution in [0.2, 0.25) is 0 Å². The summed E-state index contributed by atoms with van der Waals surface area (Å²) >= 11 is 1.81. The third-order valence-corrected chi connectivity index (χ3v) is 4.57. The zero-order valence-corrected chi connectivity index (χ0v) is 14.2. The molecular weight excluding hydrogens is 278 g/mol. The number of hydrogen-bond donors (Lipinski definition) is 1. The largest absolute Gasteiger partial charge is 0.347 e. The Kier molecular flexibility index (Phi) is 5.76. The fraction of sp³-hybridized carbons (Fsp3) is 0.471. The lowest BCUT2D eigenvalue weighted by molar-refractivity contribution is 0.590. The quantitative estimate of drug-likeness (QED) is 0.842. The maximum Gasteiger partial charge on any atom is 0.185 e. The third-order valence-electron chi connectivity index (χ3n) is 3.36. The highest BCUT2D eigenvalue weighted by Crippen LogP contribution is 2.27. The zero-order valence-electron chi connectivity index (χ0n) is 13.4. The maximum absolute atomic E-state index is 4.81. The maximum atomic E-state index is 4.81. The van der Waals surface area contributed by atoms with Crippen LogP contribution in [0.3, 0.4) is 0 Å². The highest BCUT2D eigenvalue weighted by atomic mass is 32.1. The molecule has 0 aliphatic rings. The molecule has 0 saturated heterocycles. The average Bonchev–Trinajstić information content (AvgIpc) is 2.89. The highest BCUT2D eigenvalue weighted by Gasteiger charge is 2.13. The Morgan fingerprint density at radius 3 is 2.57 bits per heavy atom. The number of benzene rings is 1. The molecule has 4 heteroatoms. The van der Waals surface area contributed by atoms with Crippen molar-refractivity contribution < 1.29 is 0 Å². The van der Waals surface area contributed by atoms with Crippen LogP contribution in [-0.2, 0) is 19.5 Å². The molecule has 0 aliphatic heterocycles. The predicted molar refractivity (Wildman–Crippen MR) is 92.0 cm³/mol. The topological polar surface area (TPSA) is 28.2 Å². The van der Waals surface area contributed by atoms with E-state index in [0.717, 1.165) is 24.6 Å². The van der Waals surface area contributed by atoms with Crippen LogP contribution < -0.4 is 10.2 Å². The van der Waals surface area contributed by atoms with Gasteiger partial charge >= 0.3 is 0 Å². The van der Waals surface area contributed by atoms with Crippen molar-refractivity contribution >= 4 is 16.5 Å². The van der Waals surface area contributed by atoms with Crippen molar-refractivity contribution in [3.63, 3.8) is 0 Å². The molecule has 1 aromatic carbocycles. The normalized spacial score (nSPS) is 11.1. The Hall–Kier alpha value is -1.39. The van der Waals surface area contributed by atoms with Gasteiger partial charge in [-0.3, -0.25) is 0 Å². The van der Waals surface area contributed by atoms with Gasteiger partial charge in [0.15, 0.2) is 5.13 Å². The molecule has 21 heavy (non-hydrogen) atoms. The van der Waals surface area contributed by atoms with Gasteiger partial charge in [-0.05, 0) is 12.0 Å². The van der Waals surface area contributed by atoms with Crippen molar-refractivity contribution in [1.82, 2.24) is 10.3 Å². The van der Waals surface area contributed by atoms with Gasteiger partial charge in [0.05, 0.1) is 5.69 Å². The molecule has 0 aliphatic carbocycles. The minimum atomic E-state index is 0.502. The van der Waals surface area contributed by atoms with Crippen molar-refractivity contribution in [1.29, 1.82) is 0 Å². The first-order valence-corrected chi connectivity index (χ1v) is 8.38. The number of hydrogen-bond acceptors (Lipinski definition) is 4. The van der Waals surface area contributed by atoms with Crippen molar-refractivity contribution in [3.05, 3.63) is 46.5 Å². The number of nitrogens with one attached hydrogen (secondary N) is 1. The lowest BCUT2D eigenvalue weighted by Gasteiger charge is -2.15. The van der Waals surface area contributed by atoms with E-state index < -0.39 is 0 Å². The van der Waals surface area contributed by atoms with Crippen LogP contribution in [0.25, 0.3) is 0 Å². The second kappa shape index (κ2) is 7.57. The Bertz CT molecular complexity index is 548. The molecule has 0 amide bonds. The second-order valence-corrected chi connectivity index (χ2v) is 6.66. The number of rotatable bonds is 7. The van der Waals surface area contributed by atoms with Gasteiger partial charge in [-0.1, -0.05) is 51.1 Å². The van der Waals surface area contributed by atoms with E-state index in [2.05, 4.69) is 68.4 Å². The molecule has 3 nitrogen and oxygen atoms in total. The van der Waals surface area contributed by atoms with Gasteiger partial charge in [-0.25, -0.2) is 4.98 Å². The van der Waals surface area contributed by atoms with E-state index >= 15 is 0 Å². The van der Waals surface area contributed by atoms with Crippen molar-refractivity contribution in [2.75, 3.05) is 11.9 Å². The number of nitrogens with zero attached hydrogens (tertiary/aromatic N) is 2. The molecule has 1 heterocycles. The summed E-state index contributed by atoms with van der Waals surface area (Å²) in [5.74, 6) is 0. The van der Waals surface area contributed by atoms with E-state index in [1.165, 1.54) is 16.1 Å². The van der Waals surface area contributed by atoms with Crippen molar-refractivity contribution in [3.8, 4) is 0 Å². The Labute approximate surface area is 132 Å². The standard InChI is InChI=1S/C17H25N3S/c1-5-15-16(11-18-13(2)3)21-17(19-15)20(4)12-14-9-7-6-8-10-14/h6-10,13,18H,5,11-12H2,1-4H3. The van der Waals surface area contributed by atoms with Crippen molar-refractivity contribution in [2.24, 2.45) is 0 Å². The van der Waals surface area contributed by atoms with Crippen molar-refractivity contribution in [2.45, 2.75) is 46.3 Å². The molecule has 0 atom stereocenters. The second-order valence-electron chi connectivity index (χ2n) is 5.60. The van der Waals surface area contributed by atoms with Gasteiger partial charge in [0.25, 0.3) is 0 Å². The summed E-state index contributed by atoms with van der Waals surface area (Å²) in [7, 11) is 2.12. The molecule has 2 aromatic rings. The molecule has 0 unspecified atom stereocenters. The summed E-state index contributed by atoms with van der Waals surface area (Å²) in [6.07, 6.45) is 0.991. The Balaban J connectivity index is 2.08.